The third-order valence-corrected chi connectivity index (χ3v) is 18.8. The summed E-state index contributed by atoms with van der Waals surface area (Å²) in [5.74, 6) is 5.78. The Morgan fingerprint density at radius 2 is 1.13 bits per heavy atom. The minimum atomic E-state index is -1.19. The Morgan fingerprint density at radius 1 is 0.667 bits per heavy atom. The third-order valence-electron chi connectivity index (χ3n) is 13.3. The van der Waals surface area contributed by atoms with Crippen molar-refractivity contribution in [2.24, 2.45) is 35.5 Å². The van der Waals surface area contributed by atoms with Gasteiger partial charge in [0.1, 0.15) is 0 Å². The van der Waals surface area contributed by atoms with E-state index in [0.29, 0.717) is 10.3 Å². The van der Waals surface area contributed by atoms with E-state index < -0.39 is 11.0 Å². The van der Waals surface area contributed by atoms with E-state index >= 15 is 0 Å². The van der Waals surface area contributed by atoms with Gasteiger partial charge in [-0.2, -0.15) is 0 Å². The molecule has 8 aliphatic rings. The molecule has 8 fully saturated rings. The molecule has 0 radical (unpaired) electrons. The molecule has 1 N–H and O–H groups in total. The average Bonchev–Trinajstić information content (AvgIpc) is 2.98. The van der Waals surface area contributed by atoms with Crippen molar-refractivity contribution in [2.75, 3.05) is 0 Å². The maximum Gasteiger partial charge on any atom is 0.0979 e. The fourth-order valence-corrected chi connectivity index (χ4v) is 18.8. The van der Waals surface area contributed by atoms with Crippen LogP contribution in [-0.4, -0.2) is 19.3 Å². The van der Waals surface area contributed by atoms with E-state index in [-0.39, 0.29) is 18.7 Å². The molecule has 8 saturated carbocycles. The molecular weight excluding hydrogens is 585 g/mol. The van der Waals surface area contributed by atoms with Crippen LogP contribution in [0.5, 0.6) is 0 Å². The summed E-state index contributed by atoms with van der Waals surface area (Å²) in [6, 6.07) is 25.3. The molecule has 0 spiro atoms. The van der Waals surface area contributed by atoms with Crippen molar-refractivity contribution in [3.8, 4) is 0 Å². The number of fused-ring (bicyclic) bond motifs is 1. The number of hydrogen-bond donors (Lipinski definition) is 1. The Labute approximate surface area is 275 Å². The van der Waals surface area contributed by atoms with E-state index in [1.54, 1.807) is 5.30 Å². The molecule has 11 rings (SSSR count). The lowest BCUT2D eigenvalue weighted by Gasteiger charge is -2.67. The fraction of sp³-hybridized carbons (Fsp3) is 0.610. The average molecular weight is 638 g/mol. The SMILES string of the molecule is CC(C)(C)S(=O)NC(c1ccc2ccccc2c1)c1ccccc1P(C12CC3CC(CC(C3)C1)C2)C12CC3CC(CC(C3)C1)C2. The summed E-state index contributed by atoms with van der Waals surface area (Å²) >= 11 is 0. The van der Waals surface area contributed by atoms with E-state index in [0.717, 1.165) is 35.5 Å². The van der Waals surface area contributed by atoms with Gasteiger partial charge in [0.2, 0.25) is 0 Å². The van der Waals surface area contributed by atoms with Crippen molar-refractivity contribution in [1.29, 1.82) is 0 Å². The number of rotatable bonds is 7. The van der Waals surface area contributed by atoms with Gasteiger partial charge < -0.3 is 0 Å². The molecule has 0 amide bonds. The molecule has 0 heterocycles. The molecule has 2 nitrogen and oxygen atoms in total. The summed E-state index contributed by atoms with van der Waals surface area (Å²) in [7, 11) is -1.56. The Bertz CT molecular complexity index is 1520. The Balaban J connectivity index is 1.23. The third kappa shape index (κ3) is 5.04. The second-order valence-electron chi connectivity index (χ2n) is 17.7. The zero-order chi connectivity index (χ0) is 30.6. The van der Waals surface area contributed by atoms with Crippen LogP contribution in [0.4, 0.5) is 0 Å². The molecule has 238 valence electrons. The van der Waals surface area contributed by atoms with Crippen molar-refractivity contribution in [3.05, 3.63) is 77.9 Å². The van der Waals surface area contributed by atoms with Crippen LogP contribution >= 0.6 is 7.92 Å². The zero-order valence-corrected chi connectivity index (χ0v) is 29.4. The van der Waals surface area contributed by atoms with Crippen LogP contribution in [-0.2, 0) is 11.0 Å². The minimum absolute atomic E-state index is 0.0845. The van der Waals surface area contributed by atoms with Crippen LogP contribution in [0.2, 0.25) is 0 Å². The smallest absolute Gasteiger partial charge is 0.0979 e. The van der Waals surface area contributed by atoms with E-state index in [1.165, 1.54) is 98.9 Å². The fourth-order valence-electron chi connectivity index (χ4n) is 12.6. The molecule has 8 aliphatic carbocycles. The second-order valence-corrected chi connectivity index (χ2v) is 22.8. The molecule has 0 aromatic heterocycles. The first-order valence-corrected chi connectivity index (χ1v) is 20.7. The molecule has 3 aromatic rings. The standard InChI is InChI=1S/C41H52NOPS/c1-39(2,3)45(43)42-38(35-13-12-33-8-4-5-9-34(33)20-35)36-10-6-7-11-37(36)44(40-21-27-14-28(22-40)16-29(15-27)23-40)41-24-30-17-31(25-41)19-32(18-30)26-41/h4-13,20,27-32,38,42H,14-19,21-26H2,1-3H3. The summed E-state index contributed by atoms with van der Waals surface area (Å²) in [5.41, 5.74) is 2.69. The summed E-state index contributed by atoms with van der Waals surface area (Å²) in [6.07, 6.45) is 18.0. The van der Waals surface area contributed by atoms with Crippen molar-refractivity contribution >= 4 is 35.0 Å². The van der Waals surface area contributed by atoms with E-state index in [2.05, 4.69) is 92.2 Å². The van der Waals surface area contributed by atoms with Gasteiger partial charge in [0.15, 0.2) is 0 Å². The maximum atomic E-state index is 14.0. The lowest BCUT2D eigenvalue weighted by molar-refractivity contribution is 0.0195. The molecule has 4 heteroatoms. The summed E-state index contributed by atoms with van der Waals surface area (Å²) in [4.78, 5) is 0. The highest BCUT2D eigenvalue weighted by Gasteiger charge is 2.63. The van der Waals surface area contributed by atoms with E-state index in [4.69, 9.17) is 0 Å². The lowest BCUT2D eigenvalue weighted by Crippen LogP contribution is -2.58. The van der Waals surface area contributed by atoms with Crippen molar-refractivity contribution in [3.63, 3.8) is 0 Å². The summed E-state index contributed by atoms with van der Waals surface area (Å²) in [6.45, 7) is 6.33. The van der Waals surface area contributed by atoms with Crippen LogP contribution in [0, 0.1) is 35.5 Å². The number of benzene rings is 3. The number of hydrogen-bond acceptors (Lipinski definition) is 1. The predicted octanol–water partition coefficient (Wildman–Crippen LogP) is 10.0. The molecular formula is C41H52NOPS. The quantitative estimate of drug-likeness (QED) is 0.257. The van der Waals surface area contributed by atoms with Crippen LogP contribution in [0.15, 0.2) is 66.7 Å². The molecule has 2 unspecified atom stereocenters. The molecule has 3 aromatic carbocycles. The molecule has 45 heavy (non-hydrogen) atoms. The minimum Gasteiger partial charge on any atom is -0.242 e. The summed E-state index contributed by atoms with van der Waals surface area (Å²) in [5, 5.41) is 5.24. The first kappa shape index (κ1) is 29.6. The highest BCUT2D eigenvalue weighted by atomic mass is 32.2. The van der Waals surface area contributed by atoms with Crippen molar-refractivity contribution in [1.82, 2.24) is 4.72 Å². The zero-order valence-electron chi connectivity index (χ0n) is 27.6. The van der Waals surface area contributed by atoms with Crippen LogP contribution in [0.25, 0.3) is 10.8 Å². The van der Waals surface area contributed by atoms with Gasteiger partial charge in [0.05, 0.1) is 21.8 Å². The van der Waals surface area contributed by atoms with Gasteiger partial charge >= 0.3 is 0 Å². The van der Waals surface area contributed by atoms with Crippen LogP contribution < -0.4 is 10.0 Å². The van der Waals surface area contributed by atoms with Gasteiger partial charge in [0.25, 0.3) is 0 Å². The van der Waals surface area contributed by atoms with Crippen molar-refractivity contribution < 1.29 is 4.21 Å². The first-order valence-electron chi connectivity index (χ1n) is 18.2. The lowest BCUT2D eigenvalue weighted by atomic mass is 9.55. The van der Waals surface area contributed by atoms with Gasteiger partial charge in [-0.3, -0.25) is 0 Å². The monoisotopic (exact) mass is 637 g/mol. The maximum absolute atomic E-state index is 14.0. The largest absolute Gasteiger partial charge is 0.242 e. The Hall–Kier alpha value is -1.54. The highest BCUT2D eigenvalue weighted by Crippen LogP contribution is 2.78. The van der Waals surface area contributed by atoms with Gasteiger partial charge in [-0.1, -0.05) is 68.6 Å². The molecule has 0 aliphatic heterocycles. The highest BCUT2D eigenvalue weighted by molar-refractivity contribution is 7.84. The van der Waals surface area contributed by atoms with Gasteiger partial charge in [-0.15, -0.1) is 0 Å². The topological polar surface area (TPSA) is 29.1 Å². The van der Waals surface area contributed by atoms with E-state index in [9.17, 15) is 4.21 Å². The number of nitrogens with one attached hydrogen (secondary N) is 1. The molecule has 0 saturated heterocycles. The first-order chi connectivity index (χ1) is 21.7. The summed E-state index contributed by atoms with van der Waals surface area (Å²) < 4.78 is 17.5. The van der Waals surface area contributed by atoms with Crippen molar-refractivity contribution in [2.45, 2.75) is 119 Å². The Morgan fingerprint density at radius 3 is 1.64 bits per heavy atom. The molecule has 2 atom stereocenters. The van der Waals surface area contributed by atoms with E-state index in [1.807, 2.05) is 0 Å². The Kier molecular flexibility index (Phi) is 7.06. The van der Waals surface area contributed by atoms with Gasteiger partial charge in [0, 0.05) is 0 Å². The van der Waals surface area contributed by atoms with Gasteiger partial charge in [-0.25, -0.2) is 8.93 Å². The second kappa shape index (κ2) is 10.7. The molecule has 8 bridgehead atoms. The van der Waals surface area contributed by atoms with Crippen LogP contribution in [0.1, 0.15) is 115 Å². The normalized spacial score (nSPS) is 38.5. The predicted molar refractivity (Wildman–Crippen MR) is 192 cm³/mol. The van der Waals surface area contributed by atoms with Crippen LogP contribution in [0.3, 0.4) is 0 Å². The van der Waals surface area contributed by atoms with Gasteiger partial charge in [-0.05, 0) is 177 Å².